The fraction of sp³-hybridized carbons (Fsp3) is 0.200. The van der Waals surface area contributed by atoms with Crippen molar-refractivity contribution in [2.45, 2.75) is 25.7 Å². The quantitative estimate of drug-likeness (QED) is 0.289. The van der Waals surface area contributed by atoms with Gasteiger partial charge in [0.25, 0.3) is 0 Å². The van der Waals surface area contributed by atoms with Crippen LogP contribution in [0.15, 0.2) is 103 Å². The monoisotopic (exact) mass is 477 g/mol. The highest BCUT2D eigenvalue weighted by atomic mass is 16.8. The molecule has 0 spiro atoms. The lowest BCUT2D eigenvalue weighted by atomic mass is 9.61. The molecule has 6 nitrogen and oxygen atoms in total. The fourth-order valence-electron chi connectivity index (χ4n) is 6.44. The zero-order chi connectivity index (χ0) is 24.9. The molecule has 0 radical (unpaired) electrons. The molecule has 2 aliphatic carbocycles. The van der Waals surface area contributed by atoms with Crippen molar-refractivity contribution >= 4 is 28.8 Å². The van der Waals surface area contributed by atoms with E-state index in [1.807, 2.05) is 48.6 Å². The van der Waals surface area contributed by atoms with Crippen LogP contribution in [0.2, 0.25) is 0 Å². The summed E-state index contributed by atoms with van der Waals surface area (Å²) >= 11 is 0. The number of rotatable bonds is 4. The van der Waals surface area contributed by atoms with Crippen molar-refractivity contribution in [1.29, 1.82) is 0 Å². The molecule has 6 heteroatoms. The molecular weight excluding hydrogens is 452 g/mol. The van der Waals surface area contributed by atoms with Crippen molar-refractivity contribution in [3.05, 3.63) is 119 Å². The van der Waals surface area contributed by atoms with Crippen LogP contribution in [0.3, 0.4) is 0 Å². The summed E-state index contributed by atoms with van der Waals surface area (Å²) in [5.41, 5.74) is 2.86. The average molecular weight is 478 g/mol. The van der Waals surface area contributed by atoms with Crippen LogP contribution in [0.25, 0.3) is 5.57 Å². The summed E-state index contributed by atoms with van der Waals surface area (Å²) in [6.45, 7) is 0. The molecule has 1 N–H and O–H groups in total. The number of imide groups is 1. The van der Waals surface area contributed by atoms with E-state index < -0.39 is 10.8 Å². The van der Waals surface area contributed by atoms with E-state index >= 15 is 0 Å². The highest BCUT2D eigenvalue weighted by Crippen LogP contribution is 2.67. The Balaban J connectivity index is 1.51. The predicted molar refractivity (Wildman–Crippen MR) is 138 cm³/mol. The number of hydrogen-bond acceptors (Lipinski definition) is 5. The highest BCUT2D eigenvalue weighted by molar-refractivity contribution is 6.26. The zero-order valence-electron chi connectivity index (χ0n) is 19.6. The molecule has 1 aliphatic heterocycles. The number of carbonyl (C=O) groups excluding carboxylic acids is 2. The molecule has 6 rings (SSSR count). The van der Waals surface area contributed by atoms with Gasteiger partial charge in [-0.05, 0) is 60.6 Å². The molecule has 1 heterocycles. The van der Waals surface area contributed by atoms with E-state index in [0.29, 0.717) is 31.4 Å². The van der Waals surface area contributed by atoms with Gasteiger partial charge in [-0.2, -0.15) is 0 Å². The van der Waals surface area contributed by atoms with Gasteiger partial charge in [0.1, 0.15) is 0 Å². The molecule has 36 heavy (non-hydrogen) atoms. The maximum Gasteiger partial charge on any atom is 0.241 e. The predicted octanol–water partition coefficient (Wildman–Crippen LogP) is 5.87. The van der Waals surface area contributed by atoms with E-state index in [1.54, 1.807) is 12.1 Å². The summed E-state index contributed by atoms with van der Waals surface area (Å²) in [5.74, 6) is -0.472. The molecular formula is C30H25N2O4-. The second-order valence-electron chi connectivity index (χ2n) is 9.85. The third-order valence-corrected chi connectivity index (χ3v) is 8.06. The maximum absolute atomic E-state index is 14.2. The largest absolute Gasteiger partial charge is 0.733 e. The Morgan fingerprint density at radius 1 is 0.778 bits per heavy atom. The van der Waals surface area contributed by atoms with Crippen LogP contribution in [-0.2, 0) is 9.59 Å². The van der Waals surface area contributed by atoms with Crippen molar-refractivity contribution in [1.82, 2.24) is 0 Å². The van der Waals surface area contributed by atoms with Crippen molar-refractivity contribution < 1.29 is 14.8 Å². The Morgan fingerprint density at radius 2 is 1.31 bits per heavy atom. The molecule has 0 aromatic heterocycles. The van der Waals surface area contributed by atoms with Gasteiger partial charge in [0.05, 0.1) is 22.2 Å². The molecule has 2 atom stereocenters. The fourth-order valence-corrected chi connectivity index (χ4v) is 6.44. The Bertz CT molecular complexity index is 1330. The summed E-state index contributed by atoms with van der Waals surface area (Å²) < 4.78 is 0. The summed E-state index contributed by atoms with van der Waals surface area (Å²) in [7, 11) is 0. The molecule has 180 valence electrons. The lowest BCUT2D eigenvalue weighted by Crippen LogP contribution is -2.41. The number of hydrogen-bond donors (Lipinski definition) is 1. The summed E-state index contributed by atoms with van der Waals surface area (Å²) in [6, 6.07) is 26.3. The van der Waals surface area contributed by atoms with Crippen LogP contribution >= 0.6 is 0 Å². The standard InChI is InChI=1S/C30H25N2O4/c33-27-29-16-7-8-17-30(29,28(34)31(27)24-14-9-15-25(18-24)32(35)36)20-23(19-29)26(21-10-3-1-4-11-21)22-12-5-2-6-13-22/h1-15,18,35H,16-17,19-20H2/q-1/t29-,30+. The Kier molecular flexibility index (Phi) is 5.18. The second-order valence-corrected chi connectivity index (χ2v) is 9.85. The van der Waals surface area contributed by atoms with Crippen LogP contribution < -0.4 is 10.1 Å². The minimum absolute atomic E-state index is 0.0303. The van der Waals surface area contributed by atoms with Crippen LogP contribution in [0.4, 0.5) is 11.4 Å². The maximum atomic E-state index is 14.2. The third-order valence-electron chi connectivity index (χ3n) is 8.06. The first-order valence-electron chi connectivity index (χ1n) is 12.1. The van der Waals surface area contributed by atoms with Gasteiger partial charge in [-0.25, -0.2) is 4.90 Å². The molecule has 1 saturated heterocycles. The van der Waals surface area contributed by atoms with Gasteiger partial charge in [-0.1, -0.05) is 84.5 Å². The van der Waals surface area contributed by atoms with Crippen LogP contribution in [0, 0.1) is 16.0 Å². The number of allylic oxidation sites excluding steroid dienone is 3. The number of anilines is 2. The van der Waals surface area contributed by atoms with Crippen molar-refractivity contribution in [2.75, 3.05) is 10.1 Å². The zero-order valence-corrected chi connectivity index (χ0v) is 19.6. The Morgan fingerprint density at radius 3 is 1.81 bits per heavy atom. The minimum Gasteiger partial charge on any atom is -0.733 e. The first-order chi connectivity index (χ1) is 17.5. The van der Waals surface area contributed by atoms with Crippen molar-refractivity contribution in [3.63, 3.8) is 0 Å². The molecule has 0 unspecified atom stereocenters. The third kappa shape index (κ3) is 3.11. The van der Waals surface area contributed by atoms with E-state index in [9.17, 15) is 20.0 Å². The van der Waals surface area contributed by atoms with Gasteiger partial charge < -0.3 is 10.4 Å². The number of benzene rings is 3. The number of amides is 2. The van der Waals surface area contributed by atoms with Crippen LogP contribution in [0.1, 0.15) is 36.8 Å². The molecule has 3 aliphatic rings. The van der Waals surface area contributed by atoms with E-state index in [-0.39, 0.29) is 22.7 Å². The van der Waals surface area contributed by atoms with E-state index in [0.717, 1.165) is 22.3 Å². The van der Waals surface area contributed by atoms with Gasteiger partial charge in [0.2, 0.25) is 11.8 Å². The molecule has 2 fully saturated rings. The SMILES string of the molecule is O=C1N(c2cccc(N([O-])O)c2)C(=O)[C@]23CC=CC[C@]12CC(=C(c1ccccc1)c1ccccc1)C3. The summed E-state index contributed by atoms with van der Waals surface area (Å²) in [4.78, 5) is 29.6. The van der Waals surface area contributed by atoms with Crippen molar-refractivity contribution in [2.24, 2.45) is 10.8 Å². The van der Waals surface area contributed by atoms with Gasteiger partial charge in [-0.15, -0.1) is 0 Å². The lowest BCUT2D eigenvalue weighted by molar-refractivity contribution is -0.132. The smallest absolute Gasteiger partial charge is 0.241 e. The highest BCUT2D eigenvalue weighted by Gasteiger charge is 2.72. The molecule has 3 aromatic carbocycles. The van der Waals surface area contributed by atoms with Crippen LogP contribution in [0.5, 0.6) is 0 Å². The first-order valence-corrected chi connectivity index (χ1v) is 12.1. The normalized spacial score (nSPS) is 24.6. The van der Waals surface area contributed by atoms with Gasteiger partial charge >= 0.3 is 0 Å². The van der Waals surface area contributed by atoms with Gasteiger partial charge in [0.15, 0.2) is 0 Å². The Hall–Kier alpha value is -4.00. The lowest BCUT2D eigenvalue weighted by Gasteiger charge is -2.36. The topological polar surface area (TPSA) is 83.9 Å². The summed E-state index contributed by atoms with van der Waals surface area (Å²) in [5, 5.41) is 20.6. The second kappa shape index (κ2) is 8.29. The molecule has 2 amide bonds. The van der Waals surface area contributed by atoms with E-state index in [2.05, 4.69) is 24.3 Å². The average Bonchev–Trinajstić information content (AvgIpc) is 3.35. The first kappa shape index (κ1) is 22.5. The van der Waals surface area contributed by atoms with Gasteiger partial charge in [0, 0.05) is 0 Å². The molecule has 3 aromatic rings. The van der Waals surface area contributed by atoms with Crippen LogP contribution in [-0.4, -0.2) is 17.0 Å². The molecule has 1 saturated carbocycles. The van der Waals surface area contributed by atoms with E-state index in [1.165, 1.54) is 17.0 Å². The summed E-state index contributed by atoms with van der Waals surface area (Å²) in [6.07, 6.45) is 5.99. The number of nitrogens with zero attached hydrogens (tertiary/aromatic N) is 2. The minimum atomic E-state index is -0.880. The van der Waals surface area contributed by atoms with Crippen molar-refractivity contribution in [3.8, 4) is 0 Å². The van der Waals surface area contributed by atoms with Gasteiger partial charge in [-0.3, -0.25) is 14.8 Å². The molecule has 0 bridgehead atoms. The number of carbonyl (C=O) groups is 2. The van der Waals surface area contributed by atoms with E-state index in [4.69, 9.17) is 0 Å². The Labute approximate surface area is 209 Å².